The predicted molar refractivity (Wildman–Crippen MR) is 104 cm³/mol. The summed E-state index contributed by atoms with van der Waals surface area (Å²) in [6, 6.07) is 8.16. The molecule has 1 aromatic carbocycles. The van der Waals surface area contributed by atoms with E-state index in [9.17, 15) is 0 Å². The van der Waals surface area contributed by atoms with E-state index in [1.807, 2.05) is 29.5 Å². The monoisotopic (exact) mass is 360 g/mol. The van der Waals surface area contributed by atoms with E-state index in [1.54, 1.807) is 0 Å². The van der Waals surface area contributed by atoms with Gasteiger partial charge >= 0.3 is 0 Å². The summed E-state index contributed by atoms with van der Waals surface area (Å²) in [6.07, 6.45) is 1.04. The molecule has 2 aliphatic heterocycles. The van der Waals surface area contributed by atoms with E-state index in [-0.39, 0.29) is 0 Å². The average Bonchev–Trinajstić information content (AvgIpc) is 2.92. The summed E-state index contributed by atoms with van der Waals surface area (Å²) in [5.41, 5.74) is 3.15. The van der Waals surface area contributed by atoms with Gasteiger partial charge in [-0.3, -0.25) is 0 Å². The molecule has 1 fully saturated rings. The summed E-state index contributed by atoms with van der Waals surface area (Å²) in [5, 5.41) is 5.48. The smallest absolute Gasteiger partial charge is 0.139 e. The lowest BCUT2D eigenvalue weighted by molar-refractivity contribution is 0.216. The molecule has 2 aliphatic rings. The van der Waals surface area contributed by atoms with Crippen molar-refractivity contribution in [3.8, 4) is 0 Å². The molecule has 0 radical (unpaired) electrons. The zero-order valence-electron chi connectivity index (χ0n) is 14.0. The summed E-state index contributed by atoms with van der Waals surface area (Å²) in [6.45, 7) is 6.33. The highest BCUT2D eigenvalue weighted by Crippen LogP contribution is 2.40. The highest BCUT2D eigenvalue weighted by Gasteiger charge is 2.25. The van der Waals surface area contributed by atoms with Crippen LogP contribution >= 0.6 is 22.9 Å². The van der Waals surface area contributed by atoms with Crippen molar-refractivity contribution in [2.24, 2.45) is 4.99 Å². The van der Waals surface area contributed by atoms with Crippen LogP contribution in [0.1, 0.15) is 17.4 Å². The first-order chi connectivity index (χ1) is 11.6. The molecule has 0 saturated carbocycles. The van der Waals surface area contributed by atoms with Gasteiger partial charge in [-0.05, 0) is 37.7 Å². The molecule has 1 aromatic heterocycles. The molecule has 0 spiro atoms. The lowest BCUT2D eigenvalue weighted by Gasteiger charge is -2.34. The van der Waals surface area contributed by atoms with Gasteiger partial charge in [0.1, 0.15) is 10.8 Å². The Morgan fingerprint density at radius 3 is 2.75 bits per heavy atom. The van der Waals surface area contributed by atoms with Crippen LogP contribution in [0.3, 0.4) is 0 Å². The van der Waals surface area contributed by atoms with Crippen LogP contribution in [-0.4, -0.2) is 48.9 Å². The molecule has 0 unspecified atom stereocenters. The summed E-state index contributed by atoms with van der Waals surface area (Å²) in [7, 11) is 2.17. The van der Waals surface area contributed by atoms with Crippen LogP contribution in [0.4, 0.5) is 16.4 Å². The van der Waals surface area contributed by atoms with Gasteiger partial charge in [0.05, 0.1) is 16.9 Å². The van der Waals surface area contributed by atoms with Crippen LogP contribution in [0.25, 0.3) is 0 Å². The number of fused-ring (bicyclic) bond motifs is 2. The van der Waals surface area contributed by atoms with Crippen molar-refractivity contribution < 1.29 is 0 Å². The molecule has 0 amide bonds. The number of piperazine rings is 1. The first-order valence-corrected chi connectivity index (χ1v) is 9.55. The van der Waals surface area contributed by atoms with Crippen molar-refractivity contribution in [1.82, 2.24) is 9.80 Å². The number of halogens is 1. The Bertz CT molecular complexity index is 790. The average molecular weight is 361 g/mol. The minimum Gasteiger partial charge on any atom is -0.353 e. The van der Waals surface area contributed by atoms with E-state index in [4.69, 9.17) is 16.6 Å². The molecular weight excluding hydrogens is 340 g/mol. The second kappa shape index (κ2) is 6.39. The Hall–Kier alpha value is -1.56. The maximum absolute atomic E-state index is 6.20. The largest absolute Gasteiger partial charge is 0.353 e. The fraction of sp³-hybridized carbons (Fsp3) is 0.389. The summed E-state index contributed by atoms with van der Waals surface area (Å²) in [4.78, 5) is 11.2. The van der Waals surface area contributed by atoms with Crippen molar-refractivity contribution >= 4 is 45.1 Å². The number of thiophene rings is 1. The Morgan fingerprint density at radius 1 is 1.21 bits per heavy atom. The minimum atomic E-state index is 0.719. The quantitative estimate of drug-likeness (QED) is 0.820. The number of nitrogens with one attached hydrogen (secondary N) is 1. The van der Waals surface area contributed by atoms with Crippen LogP contribution in [0.5, 0.6) is 0 Å². The molecule has 0 atom stereocenters. The second-order valence-corrected chi connectivity index (χ2v) is 7.89. The molecule has 24 heavy (non-hydrogen) atoms. The Morgan fingerprint density at radius 2 is 2.00 bits per heavy atom. The number of amidine groups is 1. The van der Waals surface area contributed by atoms with Crippen molar-refractivity contribution in [3.63, 3.8) is 0 Å². The number of nitrogens with zero attached hydrogens (tertiary/aromatic N) is 3. The van der Waals surface area contributed by atoms with E-state index in [0.29, 0.717) is 0 Å². The normalized spacial score (nSPS) is 17.6. The number of likely N-dealkylation sites (N-methyl/N-ethyl adjacent to an activating group) is 1. The molecule has 1 N–H and O–H groups in total. The number of anilines is 2. The van der Waals surface area contributed by atoms with E-state index in [2.05, 4.69) is 35.2 Å². The molecule has 1 saturated heterocycles. The van der Waals surface area contributed by atoms with Gasteiger partial charge in [-0.15, -0.1) is 11.3 Å². The molecule has 6 heteroatoms. The van der Waals surface area contributed by atoms with Crippen molar-refractivity contribution in [2.45, 2.75) is 13.3 Å². The lowest BCUT2D eigenvalue weighted by atomic mass is 10.2. The number of hydrogen-bond donors (Lipinski definition) is 1. The summed E-state index contributed by atoms with van der Waals surface area (Å²) >= 11 is 8.02. The van der Waals surface area contributed by atoms with Gasteiger partial charge in [-0.25, -0.2) is 4.99 Å². The van der Waals surface area contributed by atoms with Gasteiger partial charge in [0.2, 0.25) is 0 Å². The molecule has 0 aliphatic carbocycles. The van der Waals surface area contributed by atoms with Crippen LogP contribution in [0, 0.1) is 0 Å². The van der Waals surface area contributed by atoms with Crippen molar-refractivity contribution in [2.75, 3.05) is 38.5 Å². The van der Waals surface area contributed by atoms with Crippen molar-refractivity contribution in [1.29, 1.82) is 0 Å². The van der Waals surface area contributed by atoms with Gasteiger partial charge in [-0.1, -0.05) is 18.5 Å². The first-order valence-electron chi connectivity index (χ1n) is 8.36. The molecule has 3 heterocycles. The highest BCUT2D eigenvalue weighted by atomic mass is 35.5. The third-order valence-corrected chi connectivity index (χ3v) is 6.04. The zero-order valence-corrected chi connectivity index (χ0v) is 15.5. The Labute approximate surface area is 151 Å². The maximum atomic E-state index is 6.20. The van der Waals surface area contributed by atoms with Crippen LogP contribution in [0.2, 0.25) is 5.02 Å². The first kappa shape index (κ1) is 15.9. The van der Waals surface area contributed by atoms with Gasteiger partial charge in [0, 0.05) is 36.1 Å². The molecule has 126 valence electrons. The van der Waals surface area contributed by atoms with E-state index < -0.39 is 0 Å². The number of hydrogen-bond acceptors (Lipinski definition) is 5. The fourth-order valence-corrected chi connectivity index (χ4v) is 4.30. The van der Waals surface area contributed by atoms with Crippen molar-refractivity contribution in [3.05, 3.63) is 39.7 Å². The second-order valence-electron chi connectivity index (χ2n) is 6.32. The SMILES string of the molecule is CCc1cc2c(s1)Nc1ccc(Cl)cc1N=C2N1CCN(C)CC1. The maximum Gasteiger partial charge on any atom is 0.139 e. The van der Waals surface area contributed by atoms with Crippen LogP contribution in [-0.2, 0) is 6.42 Å². The Kier molecular flexibility index (Phi) is 4.24. The minimum absolute atomic E-state index is 0.719. The van der Waals surface area contributed by atoms with Gasteiger partial charge < -0.3 is 15.1 Å². The van der Waals surface area contributed by atoms with E-state index in [1.165, 1.54) is 15.4 Å². The number of benzene rings is 1. The molecule has 0 bridgehead atoms. The summed E-state index contributed by atoms with van der Waals surface area (Å²) in [5.74, 6) is 1.07. The molecule has 2 aromatic rings. The highest BCUT2D eigenvalue weighted by molar-refractivity contribution is 7.16. The van der Waals surface area contributed by atoms with E-state index >= 15 is 0 Å². The number of aliphatic imine (C=N–C) groups is 1. The Balaban J connectivity index is 1.82. The van der Waals surface area contributed by atoms with Gasteiger partial charge in [-0.2, -0.15) is 0 Å². The van der Waals surface area contributed by atoms with Crippen LogP contribution in [0.15, 0.2) is 29.3 Å². The zero-order chi connectivity index (χ0) is 16.7. The van der Waals surface area contributed by atoms with Gasteiger partial charge in [0.25, 0.3) is 0 Å². The molecule has 4 nitrogen and oxygen atoms in total. The molecule has 4 rings (SSSR count). The van der Waals surface area contributed by atoms with E-state index in [0.717, 1.165) is 54.8 Å². The fourth-order valence-electron chi connectivity index (χ4n) is 3.13. The number of aryl methyl sites for hydroxylation is 1. The molecular formula is C18H21ClN4S. The topological polar surface area (TPSA) is 30.9 Å². The predicted octanol–water partition coefficient (Wildman–Crippen LogP) is 4.35. The summed E-state index contributed by atoms with van der Waals surface area (Å²) < 4.78 is 0. The van der Waals surface area contributed by atoms with Gasteiger partial charge in [0.15, 0.2) is 0 Å². The standard InChI is InChI=1S/C18H21ClN4S/c1-3-13-11-14-17(23-8-6-22(2)7-9-23)20-16-10-12(19)4-5-15(16)21-18(14)24-13/h4-5,10-11,21H,3,6-9H2,1-2H3. The third-order valence-electron chi connectivity index (χ3n) is 4.61. The lowest BCUT2D eigenvalue weighted by Crippen LogP contribution is -2.47. The van der Waals surface area contributed by atoms with Crippen LogP contribution < -0.4 is 5.32 Å². The third kappa shape index (κ3) is 2.92. The number of rotatable bonds is 1.